The van der Waals surface area contributed by atoms with Crippen LogP contribution in [0.2, 0.25) is 0 Å². The largest absolute Gasteiger partial charge is 0.495 e. The highest BCUT2D eigenvalue weighted by Gasteiger charge is 2.24. The number of hydrogen-bond donors (Lipinski definition) is 1. The minimum Gasteiger partial charge on any atom is -0.495 e. The Balaban J connectivity index is 1.67. The van der Waals surface area contributed by atoms with Gasteiger partial charge in [-0.15, -0.1) is 11.3 Å². The van der Waals surface area contributed by atoms with Crippen molar-refractivity contribution in [3.63, 3.8) is 0 Å². The van der Waals surface area contributed by atoms with Gasteiger partial charge >= 0.3 is 0 Å². The number of nitrogens with one attached hydrogen (secondary N) is 1. The van der Waals surface area contributed by atoms with Crippen LogP contribution in [0.1, 0.15) is 29.6 Å². The molecule has 0 saturated carbocycles. The zero-order valence-corrected chi connectivity index (χ0v) is 17.1. The van der Waals surface area contributed by atoms with E-state index in [0.717, 1.165) is 29.7 Å². The van der Waals surface area contributed by atoms with Gasteiger partial charge in [-0.2, -0.15) is 0 Å². The van der Waals surface area contributed by atoms with Crippen molar-refractivity contribution in [2.24, 2.45) is 5.92 Å². The standard InChI is InChI=1S/C21H23N3O3S/c1-12-8-9-14-17(10-12)28-20-19(14)21(26)24(13(2)22-20)11-18(25)23-15-6-4-5-7-16(15)27-3/h4-7,12H,8-11H2,1-3H3,(H,23,25). The summed E-state index contributed by atoms with van der Waals surface area (Å²) in [5.41, 5.74) is 1.59. The lowest BCUT2D eigenvalue weighted by atomic mass is 9.89. The summed E-state index contributed by atoms with van der Waals surface area (Å²) in [6, 6.07) is 7.20. The molecule has 1 aromatic carbocycles. The van der Waals surface area contributed by atoms with E-state index in [9.17, 15) is 9.59 Å². The first kappa shape index (κ1) is 18.7. The number of anilines is 1. The topological polar surface area (TPSA) is 73.2 Å². The average Bonchev–Trinajstić information content (AvgIpc) is 3.02. The number of carbonyl (C=O) groups is 1. The molecule has 1 amide bonds. The van der Waals surface area contributed by atoms with Crippen LogP contribution in [0.25, 0.3) is 10.2 Å². The first-order valence-electron chi connectivity index (χ1n) is 9.42. The SMILES string of the molecule is COc1ccccc1NC(=O)Cn1c(C)nc2sc3c(c2c1=O)CCC(C)C3. The predicted molar refractivity (Wildman–Crippen MR) is 111 cm³/mol. The molecule has 1 unspecified atom stereocenters. The van der Waals surface area contributed by atoms with Gasteiger partial charge in [0.25, 0.3) is 5.56 Å². The summed E-state index contributed by atoms with van der Waals surface area (Å²) in [7, 11) is 1.55. The van der Waals surface area contributed by atoms with Gasteiger partial charge in [-0.1, -0.05) is 19.1 Å². The Morgan fingerprint density at radius 2 is 2.18 bits per heavy atom. The van der Waals surface area contributed by atoms with Crippen molar-refractivity contribution in [3.8, 4) is 5.75 Å². The Morgan fingerprint density at radius 1 is 1.39 bits per heavy atom. The van der Waals surface area contributed by atoms with E-state index in [1.54, 1.807) is 37.5 Å². The molecule has 2 heterocycles. The normalized spacial score (nSPS) is 16.0. The Bertz CT molecular complexity index is 1120. The number of fused-ring (bicyclic) bond motifs is 3. The second kappa shape index (κ2) is 7.39. The molecule has 0 fully saturated rings. The van der Waals surface area contributed by atoms with E-state index in [0.29, 0.717) is 28.6 Å². The third-order valence-corrected chi connectivity index (χ3v) is 6.44. The minimum absolute atomic E-state index is 0.0767. The molecule has 28 heavy (non-hydrogen) atoms. The Hall–Kier alpha value is -2.67. The summed E-state index contributed by atoms with van der Waals surface area (Å²) in [6.07, 6.45) is 2.99. The van der Waals surface area contributed by atoms with Crippen LogP contribution in [-0.4, -0.2) is 22.6 Å². The van der Waals surface area contributed by atoms with E-state index >= 15 is 0 Å². The molecule has 1 N–H and O–H groups in total. The molecule has 1 aliphatic rings. The van der Waals surface area contributed by atoms with Gasteiger partial charge in [-0.25, -0.2) is 4.98 Å². The van der Waals surface area contributed by atoms with E-state index in [1.165, 1.54) is 9.44 Å². The molecule has 0 aliphatic heterocycles. The number of aromatic nitrogens is 2. The lowest BCUT2D eigenvalue weighted by Gasteiger charge is -2.17. The lowest BCUT2D eigenvalue weighted by Crippen LogP contribution is -2.30. The molecule has 146 valence electrons. The maximum absolute atomic E-state index is 13.2. The van der Waals surface area contributed by atoms with Gasteiger partial charge in [-0.05, 0) is 49.8 Å². The zero-order valence-electron chi connectivity index (χ0n) is 16.2. The number of para-hydroxylation sites is 2. The fourth-order valence-electron chi connectivity index (χ4n) is 3.79. The number of amides is 1. The summed E-state index contributed by atoms with van der Waals surface area (Å²) < 4.78 is 6.74. The lowest BCUT2D eigenvalue weighted by molar-refractivity contribution is -0.116. The van der Waals surface area contributed by atoms with Gasteiger partial charge in [-0.3, -0.25) is 14.2 Å². The molecule has 7 heteroatoms. The smallest absolute Gasteiger partial charge is 0.263 e. The van der Waals surface area contributed by atoms with Crippen molar-refractivity contribution < 1.29 is 9.53 Å². The fourth-order valence-corrected chi connectivity index (χ4v) is 5.21. The number of thiophene rings is 1. The summed E-state index contributed by atoms with van der Waals surface area (Å²) in [4.78, 5) is 32.5. The number of benzene rings is 1. The molecule has 0 spiro atoms. The second-order valence-electron chi connectivity index (χ2n) is 7.33. The quantitative estimate of drug-likeness (QED) is 0.731. The van der Waals surface area contributed by atoms with E-state index in [2.05, 4.69) is 17.2 Å². The summed E-state index contributed by atoms with van der Waals surface area (Å²) in [5, 5.41) is 3.52. The van der Waals surface area contributed by atoms with Gasteiger partial charge in [0.05, 0.1) is 18.2 Å². The number of methoxy groups -OCH3 is 1. The van der Waals surface area contributed by atoms with Crippen LogP contribution in [0.4, 0.5) is 5.69 Å². The van der Waals surface area contributed by atoms with Gasteiger partial charge < -0.3 is 10.1 Å². The van der Waals surface area contributed by atoms with E-state index in [-0.39, 0.29) is 18.0 Å². The van der Waals surface area contributed by atoms with Crippen LogP contribution in [0, 0.1) is 12.8 Å². The molecule has 3 aromatic rings. The number of hydrogen-bond acceptors (Lipinski definition) is 5. The summed E-state index contributed by atoms with van der Waals surface area (Å²) in [5.74, 6) is 1.48. The molecule has 1 atom stereocenters. The maximum atomic E-state index is 13.2. The molecule has 6 nitrogen and oxygen atoms in total. The highest BCUT2D eigenvalue weighted by Crippen LogP contribution is 2.35. The van der Waals surface area contributed by atoms with Crippen molar-refractivity contribution in [1.29, 1.82) is 0 Å². The van der Waals surface area contributed by atoms with Crippen LogP contribution in [0.5, 0.6) is 5.75 Å². The number of rotatable bonds is 4. The van der Waals surface area contributed by atoms with E-state index in [1.807, 2.05) is 12.1 Å². The first-order chi connectivity index (χ1) is 13.5. The van der Waals surface area contributed by atoms with Crippen molar-refractivity contribution in [3.05, 3.63) is 50.9 Å². The number of carbonyl (C=O) groups excluding carboxylic acids is 1. The van der Waals surface area contributed by atoms with E-state index in [4.69, 9.17) is 4.74 Å². The Labute approximate surface area is 167 Å². The van der Waals surface area contributed by atoms with Gasteiger partial charge in [0.2, 0.25) is 5.91 Å². The van der Waals surface area contributed by atoms with Crippen LogP contribution < -0.4 is 15.6 Å². The highest BCUT2D eigenvalue weighted by molar-refractivity contribution is 7.18. The number of aryl methyl sites for hydroxylation is 2. The van der Waals surface area contributed by atoms with Crippen LogP contribution in [0.15, 0.2) is 29.1 Å². The van der Waals surface area contributed by atoms with Crippen LogP contribution >= 0.6 is 11.3 Å². The Kier molecular flexibility index (Phi) is 4.93. The Morgan fingerprint density at radius 3 is 2.96 bits per heavy atom. The second-order valence-corrected chi connectivity index (χ2v) is 8.41. The van der Waals surface area contributed by atoms with Gasteiger partial charge in [0.1, 0.15) is 22.9 Å². The molecule has 4 rings (SSSR count). The third-order valence-electron chi connectivity index (χ3n) is 5.29. The maximum Gasteiger partial charge on any atom is 0.263 e. The van der Waals surface area contributed by atoms with Crippen LogP contribution in [0.3, 0.4) is 0 Å². The summed E-state index contributed by atoms with van der Waals surface area (Å²) >= 11 is 1.63. The zero-order chi connectivity index (χ0) is 19.8. The number of nitrogens with zero attached hydrogens (tertiary/aromatic N) is 2. The van der Waals surface area contributed by atoms with Crippen molar-refractivity contribution in [1.82, 2.24) is 9.55 Å². The predicted octanol–water partition coefficient (Wildman–Crippen LogP) is 3.54. The number of ether oxygens (including phenoxy) is 1. The average molecular weight is 398 g/mol. The molecular weight excluding hydrogens is 374 g/mol. The van der Waals surface area contributed by atoms with Crippen LogP contribution in [-0.2, 0) is 24.2 Å². The molecule has 0 radical (unpaired) electrons. The first-order valence-corrected chi connectivity index (χ1v) is 10.2. The third kappa shape index (κ3) is 3.30. The summed E-state index contributed by atoms with van der Waals surface area (Å²) in [6.45, 7) is 3.94. The molecule has 0 bridgehead atoms. The highest BCUT2D eigenvalue weighted by atomic mass is 32.1. The molecular formula is C21H23N3O3S. The van der Waals surface area contributed by atoms with Gasteiger partial charge in [0, 0.05) is 4.88 Å². The monoisotopic (exact) mass is 397 g/mol. The molecule has 2 aromatic heterocycles. The fraction of sp³-hybridized carbons (Fsp3) is 0.381. The van der Waals surface area contributed by atoms with Crippen molar-refractivity contribution in [2.75, 3.05) is 12.4 Å². The molecule has 0 saturated heterocycles. The van der Waals surface area contributed by atoms with E-state index < -0.39 is 0 Å². The van der Waals surface area contributed by atoms with Crippen molar-refractivity contribution in [2.45, 2.75) is 39.7 Å². The van der Waals surface area contributed by atoms with Crippen molar-refractivity contribution >= 4 is 33.1 Å². The minimum atomic E-state index is -0.284. The van der Waals surface area contributed by atoms with Gasteiger partial charge in [0.15, 0.2) is 0 Å². The molecule has 1 aliphatic carbocycles.